The monoisotopic (exact) mass is 386 g/mol. The van der Waals surface area contributed by atoms with E-state index in [9.17, 15) is 39.6 Å². The first kappa shape index (κ1) is 20.9. The third kappa shape index (κ3) is 3.68. The lowest BCUT2D eigenvalue weighted by atomic mass is 9.73. The van der Waals surface area contributed by atoms with E-state index < -0.39 is 47.5 Å². The molecule has 0 aliphatic carbocycles. The minimum Gasteiger partial charge on any atom is -0.479 e. The largest absolute Gasteiger partial charge is 0.479 e. The molecule has 2 rings (SSSR count). The fourth-order valence-electron chi connectivity index (χ4n) is 2.77. The lowest BCUT2D eigenvalue weighted by Crippen LogP contribution is -2.72. The lowest BCUT2D eigenvalue weighted by molar-refractivity contribution is -0.207. The summed E-state index contributed by atoms with van der Waals surface area (Å²) in [4.78, 5) is 48.6. The van der Waals surface area contributed by atoms with Crippen LogP contribution >= 0.6 is 0 Å². The number of rotatable bonds is 9. The van der Waals surface area contributed by atoms with Crippen LogP contribution in [0.3, 0.4) is 0 Å². The second kappa shape index (κ2) is 8.12. The van der Waals surface area contributed by atoms with Crippen molar-refractivity contribution < 1.29 is 39.6 Å². The van der Waals surface area contributed by atoms with E-state index in [0.29, 0.717) is 0 Å². The van der Waals surface area contributed by atoms with Crippen molar-refractivity contribution in [2.45, 2.75) is 24.0 Å². The molecule has 4 N–H and O–H groups in total. The highest BCUT2D eigenvalue weighted by Gasteiger charge is 2.68. The maximum absolute atomic E-state index is 12.6. The fourth-order valence-corrected chi connectivity index (χ4v) is 2.77. The van der Waals surface area contributed by atoms with E-state index >= 15 is 0 Å². The van der Waals surface area contributed by atoms with Crippen LogP contribution in [0.4, 0.5) is 0 Å². The molecule has 0 aromatic heterocycles. The summed E-state index contributed by atoms with van der Waals surface area (Å²) in [6.45, 7) is 0. The van der Waals surface area contributed by atoms with Crippen LogP contribution in [0.5, 0.6) is 0 Å². The van der Waals surface area contributed by atoms with Crippen molar-refractivity contribution in [2.24, 2.45) is 0 Å². The molecule has 0 bridgehead atoms. The van der Waals surface area contributed by atoms with E-state index in [1.54, 1.807) is 36.4 Å². The van der Waals surface area contributed by atoms with Gasteiger partial charge in [-0.25, -0.2) is 9.59 Å². The molecular formula is C20H18O8. The molecule has 2 aromatic carbocycles. The number of Topliss-reactive ketones (excluding diaryl/α,β-unsaturated/α-hetero) is 2. The second-order valence-electron chi connectivity index (χ2n) is 6.20. The Morgan fingerprint density at radius 1 is 0.607 bits per heavy atom. The minimum atomic E-state index is -3.87. The highest BCUT2D eigenvalue weighted by atomic mass is 16.5. The first-order valence-corrected chi connectivity index (χ1v) is 8.20. The number of carboxylic acid groups (broad SMARTS) is 2. The van der Waals surface area contributed by atoms with Gasteiger partial charge in [-0.15, -0.1) is 0 Å². The highest BCUT2D eigenvalue weighted by Crippen LogP contribution is 2.29. The molecule has 0 aliphatic heterocycles. The van der Waals surface area contributed by atoms with E-state index in [1.807, 2.05) is 0 Å². The lowest BCUT2D eigenvalue weighted by Gasteiger charge is -2.34. The van der Waals surface area contributed by atoms with Crippen LogP contribution in [0.2, 0.25) is 0 Å². The minimum absolute atomic E-state index is 0.274. The Balaban J connectivity index is 2.47. The van der Waals surface area contributed by atoms with E-state index in [0.717, 1.165) is 0 Å². The zero-order valence-electron chi connectivity index (χ0n) is 14.6. The predicted molar refractivity (Wildman–Crippen MR) is 95.5 cm³/mol. The average molecular weight is 386 g/mol. The molecule has 0 saturated heterocycles. The summed E-state index contributed by atoms with van der Waals surface area (Å²) >= 11 is 0. The standard InChI is InChI=1S/C20H18O8/c21-15(11-13-7-3-1-4-8-13)19(27,17(23)24)20(28,18(25)26)16(22)12-14-9-5-2-6-10-14/h1-10,27-28H,11-12H2,(H,23,24)(H,25,26)/t19-,20-/m0/s1. The number of carbonyl (C=O) groups is 4. The van der Waals surface area contributed by atoms with Gasteiger partial charge in [0.1, 0.15) is 0 Å². The number of carbonyl (C=O) groups excluding carboxylic acids is 2. The van der Waals surface area contributed by atoms with Gasteiger partial charge in [0, 0.05) is 12.8 Å². The van der Waals surface area contributed by atoms with Crippen LogP contribution in [-0.4, -0.2) is 55.1 Å². The number of aliphatic hydroxyl groups is 2. The zero-order chi connectivity index (χ0) is 20.9. The maximum Gasteiger partial charge on any atom is 0.347 e. The van der Waals surface area contributed by atoms with Gasteiger partial charge in [0.2, 0.25) is 0 Å². The molecular weight excluding hydrogens is 368 g/mol. The van der Waals surface area contributed by atoms with Crippen LogP contribution in [0, 0.1) is 0 Å². The summed E-state index contributed by atoms with van der Waals surface area (Å²) in [5, 5.41) is 40.0. The molecule has 28 heavy (non-hydrogen) atoms. The van der Waals surface area contributed by atoms with Crippen LogP contribution in [0.25, 0.3) is 0 Å². The fraction of sp³-hybridized carbons (Fsp3) is 0.200. The van der Waals surface area contributed by atoms with Gasteiger partial charge in [0.25, 0.3) is 11.2 Å². The Kier molecular flexibility index (Phi) is 6.07. The highest BCUT2D eigenvalue weighted by molar-refractivity contribution is 6.22. The third-order valence-electron chi connectivity index (χ3n) is 4.36. The van der Waals surface area contributed by atoms with Crippen molar-refractivity contribution in [1.82, 2.24) is 0 Å². The van der Waals surface area contributed by atoms with Crippen LogP contribution < -0.4 is 0 Å². The smallest absolute Gasteiger partial charge is 0.347 e. The van der Waals surface area contributed by atoms with Gasteiger partial charge in [-0.2, -0.15) is 0 Å². The van der Waals surface area contributed by atoms with Gasteiger partial charge >= 0.3 is 11.9 Å². The molecule has 0 spiro atoms. The second-order valence-corrected chi connectivity index (χ2v) is 6.20. The van der Waals surface area contributed by atoms with E-state index in [2.05, 4.69) is 0 Å². The van der Waals surface area contributed by atoms with Crippen molar-refractivity contribution in [1.29, 1.82) is 0 Å². The van der Waals surface area contributed by atoms with E-state index in [1.165, 1.54) is 24.3 Å². The van der Waals surface area contributed by atoms with Crippen molar-refractivity contribution >= 4 is 23.5 Å². The van der Waals surface area contributed by atoms with Gasteiger partial charge in [-0.3, -0.25) is 9.59 Å². The summed E-state index contributed by atoms with van der Waals surface area (Å²) in [5.41, 5.74) is -7.20. The van der Waals surface area contributed by atoms with Crippen LogP contribution in [-0.2, 0) is 32.0 Å². The third-order valence-corrected chi connectivity index (χ3v) is 4.36. The normalized spacial score (nSPS) is 15.1. The van der Waals surface area contributed by atoms with Gasteiger partial charge in [0.15, 0.2) is 11.6 Å². The number of hydrogen-bond acceptors (Lipinski definition) is 6. The van der Waals surface area contributed by atoms with Crippen LogP contribution in [0.1, 0.15) is 11.1 Å². The molecule has 0 heterocycles. The topological polar surface area (TPSA) is 149 Å². The average Bonchev–Trinajstić information content (AvgIpc) is 2.67. The van der Waals surface area contributed by atoms with E-state index in [-0.39, 0.29) is 11.1 Å². The number of hydrogen-bond donors (Lipinski definition) is 4. The zero-order valence-corrected chi connectivity index (χ0v) is 14.6. The number of aliphatic carboxylic acids is 2. The molecule has 2 atom stereocenters. The first-order chi connectivity index (χ1) is 13.1. The molecule has 146 valence electrons. The van der Waals surface area contributed by atoms with Gasteiger partial charge in [-0.1, -0.05) is 60.7 Å². The van der Waals surface area contributed by atoms with Crippen molar-refractivity contribution in [3.05, 3.63) is 71.8 Å². The summed E-state index contributed by atoms with van der Waals surface area (Å²) < 4.78 is 0. The molecule has 0 amide bonds. The van der Waals surface area contributed by atoms with Gasteiger partial charge in [0.05, 0.1) is 0 Å². The molecule has 0 radical (unpaired) electrons. The summed E-state index contributed by atoms with van der Waals surface area (Å²) in [5.74, 6) is -7.73. The molecule has 0 unspecified atom stereocenters. The quantitative estimate of drug-likeness (QED) is 0.448. The van der Waals surface area contributed by atoms with Crippen molar-refractivity contribution in [2.75, 3.05) is 0 Å². The van der Waals surface area contributed by atoms with Gasteiger partial charge < -0.3 is 20.4 Å². The molecule has 0 fully saturated rings. The van der Waals surface area contributed by atoms with Gasteiger partial charge in [-0.05, 0) is 11.1 Å². The molecule has 8 nitrogen and oxygen atoms in total. The Morgan fingerprint density at radius 2 is 0.893 bits per heavy atom. The summed E-state index contributed by atoms with van der Waals surface area (Å²) in [6.07, 6.45) is -1.39. The first-order valence-electron chi connectivity index (χ1n) is 8.20. The number of benzene rings is 2. The Bertz CT molecular complexity index is 817. The molecule has 0 saturated carbocycles. The van der Waals surface area contributed by atoms with Crippen molar-refractivity contribution in [3.63, 3.8) is 0 Å². The Hall–Kier alpha value is -3.36. The Labute approximate surface area is 159 Å². The van der Waals surface area contributed by atoms with Crippen molar-refractivity contribution in [3.8, 4) is 0 Å². The van der Waals surface area contributed by atoms with Crippen LogP contribution in [0.15, 0.2) is 60.7 Å². The number of carboxylic acids is 2. The predicted octanol–water partition coefficient (Wildman–Crippen LogP) is 0.241. The number of ketones is 2. The molecule has 8 heteroatoms. The molecule has 2 aromatic rings. The summed E-state index contributed by atoms with van der Waals surface area (Å²) in [6, 6.07) is 15.3. The SMILES string of the molecule is O=C(O)[C@@](O)(C(=O)Cc1ccccc1)[C@@](O)(C(=O)O)C(=O)Cc1ccccc1. The Morgan fingerprint density at radius 3 is 1.14 bits per heavy atom. The maximum atomic E-state index is 12.6. The summed E-state index contributed by atoms with van der Waals surface area (Å²) in [7, 11) is 0. The van der Waals surface area contributed by atoms with E-state index in [4.69, 9.17) is 0 Å². The molecule has 0 aliphatic rings.